The monoisotopic (exact) mass is 501 g/mol. The summed E-state index contributed by atoms with van der Waals surface area (Å²) in [6.07, 6.45) is 0. The van der Waals surface area contributed by atoms with E-state index in [0.717, 1.165) is 23.4 Å². The number of nitrogens with zero attached hydrogens (tertiary/aromatic N) is 3. The van der Waals surface area contributed by atoms with Crippen LogP contribution in [0.4, 0.5) is 5.82 Å². The lowest BCUT2D eigenvalue weighted by Gasteiger charge is -2.14. The SMILES string of the molecule is CNc1nc(OCCOc2cccc(CN(C)C)c2)n(Cc2ccc(Cl)cc2)c1C(=O)NCCO. The summed E-state index contributed by atoms with van der Waals surface area (Å²) in [6, 6.07) is 15.5. The van der Waals surface area contributed by atoms with Crippen LogP contribution in [0.2, 0.25) is 5.02 Å². The molecule has 10 heteroatoms. The van der Waals surface area contributed by atoms with E-state index in [1.54, 1.807) is 23.7 Å². The molecule has 1 heterocycles. The third-order valence-corrected chi connectivity index (χ3v) is 5.27. The summed E-state index contributed by atoms with van der Waals surface area (Å²) in [5, 5.41) is 15.4. The molecule has 0 bridgehead atoms. The highest BCUT2D eigenvalue weighted by Crippen LogP contribution is 2.25. The van der Waals surface area contributed by atoms with Crippen molar-refractivity contribution in [2.75, 3.05) is 52.8 Å². The van der Waals surface area contributed by atoms with Gasteiger partial charge in [0.25, 0.3) is 11.9 Å². The van der Waals surface area contributed by atoms with Gasteiger partial charge in [-0.1, -0.05) is 35.9 Å². The number of carbonyl (C=O) groups is 1. The van der Waals surface area contributed by atoms with Gasteiger partial charge in [-0.2, -0.15) is 4.98 Å². The topological polar surface area (TPSA) is 101 Å². The molecule has 0 aliphatic rings. The first kappa shape index (κ1) is 26.3. The number of ether oxygens (including phenoxy) is 2. The molecule has 2 aromatic carbocycles. The number of amides is 1. The van der Waals surface area contributed by atoms with E-state index in [0.29, 0.717) is 29.7 Å². The minimum atomic E-state index is -0.367. The molecule has 188 valence electrons. The second-order valence-electron chi connectivity index (χ2n) is 8.12. The van der Waals surface area contributed by atoms with Gasteiger partial charge in [-0.3, -0.25) is 9.36 Å². The highest BCUT2D eigenvalue weighted by molar-refractivity contribution is 6.30. The number of rotatable bonds is 13. The van der Waals surface area contributed by atoms with Crippen LogP contribution in [-0.2, 0) is 13.1 Å². The Morgan fingerprint density at radius 2 is 1.86 bits per heavy atom. The summed E-state index contributed by atoms with van der Waals surface area (Å²) in [6.45, 7) is 1.67. The standard InChI is InChI=1S/C25H32ClN5O4/c1-27-23-22(24(33)28-11-12-32)31(17-18-7-9-20(26)10-8-18)25(29-23)35-14-13-34-21-6-4-5-19(15-21)16-30(2)3/h4-10,15,27,32H,11-14,16-17H2,1-3H3,(H,28,33). The number of carbonyl (C=O) groups excluding carboxylic acids is 1. The van der Waals surface area contributed by atoms with E-state index in [-0.39, 0.29) is 31.7 Å². The number of aromatic nitrogens is 2. The van der Waals surface area contributed by atoms with Crippen LogP contribution in [-0.4, -0.2) is 73.0 Å². The molecule has 0 aliphatic carbocycles. The van der Waals surface area contributed by atoms with Crippen molar-refractivity contribution >= 4 is 23.3 Å². The summed E-state index contributed by atoms with van der Waals surface area (Å²) >= 11 is 6.02. The predicted molar refractivity (Wildman–Crippen MR) is 137 cm³/mol. The van der Waals surface area contributed by atoms with Crippen molar-refractivity contribution in [1.82, 2.24) is 19.8 Å². The average Bonchev–Trinajstić information content (AvgIpc) is 3.18. The minimum Gasteiger partial charge on any atom is -0.490 e. The Balaban J connectivity index is 1.75. The van der Waals surface area contributed by atoms with E-state index in [4.69, 9.17) is 26.2 Å². The molecule has 0 radical (unpaired) electrons. The van der Waals surface area contributed by atoms with Crippen LogP contribution in [0.3, 0.4) is 0 Å². The Kier molecular flexibility index (Phi) is 9.77. The quantitative estimate of drug-likeness (QED) is 0.310. The Bertz CT molecular complexity index is 1100. The largest absolute Gasteiger partial charge is 0.490 e. The minimum absolute atomic E-state index is 0.130. The molecule has 9 nitrogen and oxygen atoms in total. The van der Waals surface area contributed by atoms with Gasteiger partial charge in [0.05, 0.1) is 13.2 Å². The zero-order chi connectivity index (χ0) is 25.2. The maximum Gasteiger partial charge on any atom is 0.299 e. The zero-order valence-electron chi connectivity index (χ0n) is 20.3. The average molecular weight is 502 g/mol. The summed E-state index contributed by atoms with van der Waals surface area (Å²) in [4.78, 5) is 19.4. The number of imidazole rings is 1. The Morgan fingerprint density at radius 3 is 2.54 bits per heavy atom. The van der Waals surface area contributed by atoms with Crippen molar-refractivity contribution in [2.45, 2.75) is 13.1 Å². The molecule has 3 rings (SSSR count). The molecule has 0 saturated heterocycles. The molecule has 0 atom stereocenters. The molecule has 0 fully saturated rings. The maximum absolute atomic E-state index is 12.9. The first-order valence-corrected chi connectivity index (χ1v) is 11.7. The summed E-state index contributed by atoms with van der Waals surface area (Å²) < 4.78 is 13.5. The van der Waals surface area contributed by atoms with Gasteiger partial charge in [-0.15, -0.1) is 0 Å². The van der Waals surface area contributed by atoms with Crippen LogP contribution in [0.1, 0.15) is 21.6 Å². The molecule has 0 spiro atoms. The molecule has 3 N–H and O–H groups in total. The van der Waals surface area contributed by atoms with Crippen LogP contribution >= 0.6 is 11.6 Å². The fourth-order valence-corrected chi connectivity index (χ4v) is 3.64. The molecule has 1 aromatic heterocycles. The van der Waals surface area contributed by atoms with E-state index >= 15 is 0 Å². The fraction of sp³-hybridized carbons (Fsp3) is 0.360. The first-order chi connectivity index (χ1) is 16.9. The second-order valence-corrected chi connectivity index (χ2v) is 8.55. The highest BCUT2D eigenvalue weighted by Gasteiger charge is 2.24. The predicted octanol–water partition coefficient (Wildman–Crippen LogP) is 2.87. The Morgan fingerprint density at radius 1 is 1.11 bits per heavy atom. The number of hydrogen-bond acceptors (Lipinski definition) is 7. The van der Waals surface area contributed by atoms with Gasteiger partial charge in [0.2, 0.25) is 0 Å². The molecular formula is C25H32ClN5O4. The summed E-state index contributed by atoms with van der Waals surface area (Å²) in [7, 11) is 5.72. The number of aliphatic hydroxyl groups excluding tert-OH is 1. The van der Waals surface area contributed by atoms with Crippen LogP contribution in [0.15, 0.2) is 48.5 Å². The van der Waals surface area contributed by atoms with E-state index in [1.165, 1.54) is 0 Å². The normalized spacial score (nSPS) is 10.9. The second kappa shape index (κ2) is 13.0. The van der Waals surface area contributed by atoms with Crippen LogP contribution < -0.4 is 20.1 Å². The summed E-state index contributed by atoms with van der Waals surface area (Å²) in [5.74, 6) is 0.771. The van der Waals surface area contributed by atoms with Gasteiger partial charge in [-0.25, -0.2) is 0 Å². The maximum atomic E-state index is 12.9. The molecular weight excluding hydrogens is 470 g/mol. The number of nitrogens with one attached hydrogen (secondary N) is 2. The lowest BCUT2D eigenvalue weighted by molar-refractivity contribution is 0.0935. The molecule has 0 unspecified atom stereocenters. The van der Waals surface area contributed by atoms with Gasteiger partial charge in [-0.05, 0) is 49.5 Å². The number of benzene rings is 2. The number of aliphatic hydroxyl groups is 1. The number of anilines is 1. The van der Waals surface area contributed by atoms with Crippen molar-refractivity contribution < 1.29 is 19.4 Å². The van der Waals surface area contributed by atoms with E-state index in [1.807, 2.05) is 44.4 Å². The first-order valence-electron chi connectivity index (χ1n) is 11.3. The van der Waals surface area contributed by atoms with E-state index < -0.39 is 0 Å². The number of hydrogen-bond donors (Lipinski definition) is 3. The third-order valence-electron chi connectivity index (χ3n) is 5.02. The van der Waals surface area contributed by atoms with Gasteiger partial charge in [0.15, 0.2) is 11.5 Å². The Labute approximate surface area is 210 Å². The van der Waals surface area contributed by atoms with Crippen LogP contribution in [0, 0.1) is 0 Å². The van der Waals surface area contributed by atoms with E-state index in [9.17, 15) is 4.79 Å². The van der Waals surface area contributed by atoms with Gasteiger partial charge in [0.1, 0.15) is 19.0 Å². The van der Waals surface area contributed by atoms with E-state index in [2.05, 4.69) is 26.6 Å². The molecule has 3 aromatic rings. The fourth-order valence-electron chi connectivity index (χ4n) is 3.51. The van der Waals surface area contributed by atoms with Gasteiger partial charge < -0.3 is 30.1 Å². The summed E-state index contributed by atoms with van der Waals surface area (Å²) in [5.41, 5.74) is 2.39. The van der Waals surface area contributed by atoms with Gasteiger partial charge in [0, 0.05) is 25.2 Å². The van der Waals surface area contributed by atoms with Crippen molar-refractivity contribution in [1.29, 1.82) is 0 Å². The van der Waals surface area contributed by atoms with Crippen molar-refractivity contribution in [3.63, 3.8) is 0 Å². The third kappa shape index (κ3) is 7.61. The molecule has 1 amide bonds. The van der Waals surface area contributed by atoms with Crippen LogP contribution in [0.5, 0.6) is 11.8 Å². The molecule has 35 heavy (non-hydrogen) atoms. The molecule has 0 saturated carbocycles. The number of halogens is 1. The van der Waals surface area contributed by atoms with Crippen molar-refractivity contribution in [3.8, 4) is 11.8 Å². The smallest absolute Gasteiger partial charge is 0.299 e. The lowest BCUT2D eigenvalue weighted by Crippen LogP contribution is -2.29. The van der Waals surface area contributed by atoms with Crippen molar-refractivity contribution in [3.05, 3.63) is 70.4 Å². The van der Waals surface area contributed by atoms with Gasteiger partial charge >= 0.3 is 0 Å². The Hall–Kier alpha value is -3.27. The zero-order valence-corrected chi connectivity index (χ0v) is 21.0. The van der Waals surface area contributed by atoms with Crippen molar-refractivity contribution in [2.24, 2.45) is 0 Å². The molecule has 0 aliphatic heterocycles. The highest BCUT2D eigenvalue weighted by atomic mass is 35.5. The lowest BCUT2D eigenvalue weighted by atomic mass is 10.2. The van der Waals surface area contributed by atoms with Crippen LogP contribution in [0.25, 0.3) is 0 Å².